The number of amides is 2. The number of thioether (sulfide) groups is 1. The van der Waals surface area contributed by atoms with E-state index >= 15 is 0 Å². The minimum Gasteiger partial charge on any atom is -0.339 e. The van der Waals surface area contributed by atoms with Gasteiger partial charge >= 0.3 is 0 Å². The number of hydrogen-bond acceptors (Lipinski definition) is 4. The summed E-state index contributed by atoms with van der Waals surface area (Å²) in [6, 6.07) is 15.4. The zero-order chi connectivity index (χ0) is 20.6. The Balaban J connectivity index is 1.42. The first kappa shape index (κ1) is 21.7. The van der Waals surface area contributed by atoms with Crippen molar-refractivity contribution in [1.29, 1.82) is 0 Å². The molecule has 2 aromatic rings. The summed E-state index contributed by atoms with van der Waals surface area (Å²) in [5, 5.41) is 3.68. The number of nitrogens with zero attached hydrogens (tertiary/aromatic N) is 2. The third kappa shape index (κ3) is 6.23. The van der Waals surface area contributed by atoms with Crippen LogP contribution >= 0.6 is 23.4 Å². The van der Waals surface area contributed by atoms with Crippen LogP contribution in [0.15, 0.2) is 53.4 Å². The Morgan fingerprint density at radius 2 is 1.72 bits per heavy atom. The van der Waals surface area contributed by atoms with E-state index in [-0.39, 0.29) is 11.8 Å². The van der Waals surface area contributed by atoms with E-state index in [4.69, 9.17) is 11.6 Å². The van der Waals surface area contributed by atoms with Crippen molar-refractivity contribution in [3.63, 3.8) is 0 Å². The molecular weight excluding hydrogens is 406 g/mol. The molecule has 1 heterocycles. The fourth-order valence-corrected chi connectivity index (χ4v) is 4.43. The van der Waals surface area contributed by atoms with Gasteiger partial charge in [-0.2, -0.15) is 0 Å². The molecule has 3 rings (SSSR count). The second-order valence-electron chi connectivity index (χ2n) is 6.93. The fraction of sp³-hybridized carbons (Fsp3) is 0.364. The average Bonchev–Trinajstić information content (AvgIpc) is 2.74. The normalized spacial score (nSPS) is 14.6. The zero-order valence-corrected chi connectivity index (χ0v) is 18.1. The van der Waals surface area contributed by atoms with Crippen molar-refractivity contribution in [2.75, 3.05) is 43.8 Å². The highest BCUT2D eigenvalue weighted by atomic mass is 35.5. The van der Waals surface area contributed by atoms with Crippen molar-refractivity contribution in [2.24, 2.45) is 0 Å². The second kappa shape index (κ2) is 10.7. The Morgan fingerprint density at radius 3 is 2.45 bits per heavy atom. The standard InChI is InChI=1S/C22H26ClN3O2S/c1-2-17-7-3-5-9-19(17)24-21(27)15-25-11-13-26(14-12-25)22(28)16-29-20-10-6-4-8-18(20)23/h3-10H,2,11-16H2,1H3,(H,24,27). The van der Waals surface area contributed by atoms with Crippen molar-refractivity contribution in [2.45, 2.75) is 18.2 Å². The SMILES string of the molecule is CCc1ccccc1NC(=O)CN1CCN(C(=O)CSc2ccccc2Cl)CC1. The molecule has 0 aliphatic carbocycles. The van der Waals surface area contributed by atoms with Crippen LogP contribution in [0.3, 0.4) is 0 Å². The molecule has 154 valence electrons. The Hall–Kier alpha value is -2.02. The van der Waals surface area contributed by atoms with Gasteiger partial charge in [0.1, 0.15) is 0 Å². The molecule has 7 heteroatoms. The highest BCUT2D eigenvalue weighted by Crippen LogP contribution is 2.26. The van der Waals surface area contributed by atoms with Gasteiger partial charge in [-0.15, -0.1) is 11.8 Å². The second-order valence-corrected chi connectivity index (χ2v) is 8.36. The molecule has 0 unspecified atom stereocenters. The van der Waals surface area contributed by atoms with Crippen LogP contribution in [0.1, 0.15) is 12.5 Å². The molecule has 0 bridgehead atoms. The van der Waals surface area contributed by atoms with Crippen LogP contribution in [0.4, 0.5) is 5.69 Å². The smallest absolute Gasteiger partial charge is 0.238 e. The lowest BCUT2D eigenvalue weighted by Gasteiger charge is -2.34. The quantitative estimate of drug-likeness (QED) is 0.678. The molecule has 0 radical (unpaired) electrons. The number of para-hydroxylation sites is 1. The predicted octanol–water partition coefficient (Wildman–Crippen LogP) is 3.78. The molecule has 0 aromatic heterocycles. The molecule has 2 amide bonds. The van der Waals surface area contributed by atoms with Gasteiger partial charge in [0.25, 0.3) is 0 Å². The number of anilines is 1. The number of carbonyl (C=O) groups is 2. The Bertz CT molecular complexity index is 853. The molecule has 1 saturated heterocycles. The van der Waals surface area contributed by atoms with Crippen molar-refractivity contribution < 1.29 is 9.59 Å². The van der Waals surface area contributed by atoms with E-state index in [1.165, 1.54) is 11.8 Å². The van der Waals surface area contributed by atoms with Crippen LogP contribution in [0.5, 0.6) is 0 Å². The maximum Gasteiger partial charge on any atom is 0.238 e. The maximum absolute atomic E-state index is 12.5. The molecule has 1 N–H and O–H groups in total. The van der Waals surface area contributed by atoms with E-state index in [9.17, 15) is 9.59 Å². The number of piperazine rings is 1. The van der Waals surface area contributed by atoms with E-state index < -0.39 is 0 Å². The van der Waals surface area contributed by atoms with Crippen LogP contribution in [0.2, 0.25) is 5.02 Å². The highest BCUT2D eigenvalue weighted by Gasteiger charge is 2.22. The maximum atomic E-state index is 12.5. The lowest BCUT2D eigenvalue weighted by atomic mass is 10.1. The van der Waals surface area contributed by atoms with Crippen LogP contribution in [-0.2, 0) is 16.0 Å². The van der Waals surface area contributed by atoms with Crippen molar-refractivity contribution in [1.82, 2.24) is 9.80 Å². The first-order valence-electron chi connectivity index (χ1n) is 9.82. The van der Waals surface area contributed by atoms with Crippen LogP contribution in [0, 0.1) is 0 Å². The molecule has 1 aliphatic rings. The molecule has 0 spiro atoms. The number of rotatable bonds is 7. The van der Waals surface area contributed by atoms with Crippen molar-refractivity contribution >= 4 is 40.9 Å². The molecule has 29 heavy (non-hydrogen) atoms. The Kier molecular flexibility index (Phi) is 7.98. The van der Waals surface area contributed by atoms with Gasteiger partial charge in [-0.3, -0.25) is 14.5 Å². The monoisotopic (exact) mass is 431 g/mol. The van der Waals surface area contributed by atoms with Gasteiger partial charge in [-0.05, 0) is 30.2 Å². The van der Waals surface area contributed by atoms with Gasteiger partial charge in [0, 0.05) is 36.8 Å². The summed E-state index contributed by atoms with van der Waals surface area (Å²) in [7, 11) is 0. The first-order chi connectivity index (χ1) is 14.1. The molecule has 0 atom stereocenters. The molecular formula is C22H26ClN3O2S. The van der Waals surface area contributed by atoms with E-state index in [0.717, 1.165) is 22.6 Å². The number of carbonyl (C=O) groups excluding carboxylic acids is 2. The number of hydrogen-bond donors (Lipinski definition) is 1. The van der Waals surface area contributed by atoms with Crippen molar-refractivity contribution in [3.8, 4) is 0 Å². The number of nitrogens with one attached hydrogen (secondary N) is 1. The summed E-state index contributed by atoms with van der Waals surface area (Å²) in [6.07, 6.45) is 0.878. The van der Waals surface area contributed by atoms with Crippen LogP contribution in [-0.4, -0.2) is 60.1 Å². The molecule has 0 saturated carbocycles. The number of halogens is 1. The first-order valence-corrected chi connectivity index (χ1v) is 11.2. The summed E-state index contributed by atoms with van der Waals surface area (Å²) >= 11 is 7.61. The largest absolute Gasteiger partial charge is 0.339 e. The fourth-order valence-electron chi connectivity index (χ4n) is 3.29. The van der Waals surface area contributed by atoms with E-state index in [1.54, 1.807) is 0 Å². The third-order valence-electron chi connectivity index (χ3n) is 4.95. The lowest BCUT2D eigenvalue weighted by Crippen LogP contribution is -2.50. The molecule has 2 aromatic carbocycles. The summed E-state index contributed by atoms with van der Waals surface area (Å²) in [6.45, 7) is 5.10. The predicted molar refractivity (Wildman–Crippen MR) is 120 cm³/mol. The van der Waals surface area contributed by atoms with Gasteiger partial charge in [-0.1, -0.05) is 48.9 Å². The van der Waals surface area contributed by atoms with Crippen LogP contribution in [0.25, 0.3) is 0 Å². The van der Waals surface area contributed by atoms with Gasteiger partial charge in [-0.25, -0.2) is 0 Å². The molecule has 1 fully saturated rings. The highest BCUT2D eigenvalue weighted by molar-refractivity contribution is 8.00. The minimum absolute atomic E-state index is 0.0139. The average molecular weight is 432 g/mol. The molecule has 1 aliphatic heterocycles. The van der Waals surface area contributed by atoms with Gasteiger partial charge in [0.2, 0.25) is 11.8 Å². The summed E-state index contributed by atoms with van der Waals surface area (Å²) < 4.78 is 0. The zero-order valence-electron chi connectivity index (χ0n) is 16.6. The minimum atomic E-state index is -0.0139. The summed E-state index contributed by atoms with van der Waals surface area (Å²) in [5.74, 6) is 0.466. The topological polar surface area (TPSA) is 52.7 Å². The number of aryl methyl sites for hydroxylation is 1. The van der Waals surface area contributed by atoms with Crippen molar-refractivity contribution in [3.05, 3.63) is 59.1 Å². The van der Waals surface area contributed by atoms with E-state index in [2.05, 4.69) is 17.1 Å². The van der Waals surface area contributed by atoms with Crippen LogP contribution < -0.4 is 5.32 Å². The van der Waals surface area contributed by atoms with Gasteiger partial charge in [0.05, 0.1) is 17.3 Å². The number of benzene rings is 2. The summed E-state index contributed by atoms with van der Waals surface area (Å²) in [4.78, 5) is 29.8. The van der Waals surface area contributed by atoms with E-state index in [0.29, 0.717) is 43.5 Å². The summed E-state index contributed by atoms with van der Waals surface area (Å²) in [5.41, 5.74) is 2.01. The van der Waals surface area contributed by atoms with Gasteiger partial charge in [0.15, 0.2) is 0 Å². The Labute approximate surface area is 181 Å². The van der Waals surface area contributed by atoms with Gasteiger partial charge < -0.3 is 10.2 Å². The van der Waals surface area contributed by atoms with E-state index in [1.807, 2.05) is 53.4 Å². The molecule has 5 nitrogen and oxygen atoms in total. The lowest BCUT2D eigenvalue weighted by molar-refractivity contribution is -0.130. The third-order valence-corrected chi connectivity index (χ3v) is 6.45. The Morgan fingerprint density at radius 1 is 1.03 bits per heavy atom.